The van der Waals surface area contributed by atoms with Crippen LogP contribution in [0.25, 0.3) is 16.6 Å². The minimum Gasteiger partial charge on any atom is -0.334 e. The van der Waals surface area contributed by atoms with Gasteiger partial charge in [0.25, 0.3) is 0 Å². The summed E-state index contributed by atoms with van der Waals surface area (Å²) in [5, 5.41) is 13.4. The zero-order chi connectivity index (χ0) is 19.7. The number of carbonyl (C=O) groups is 1. The molecule has 6 nitrogen and oxygen atoms in total. The second-order valence-corrected chi connectivity index (χ2v) is 7.19. The first kappa shape index (κ1) is 18.1. The van der Waals surface area contributed by atoms with E-state index in [0.717, 1.165) is 27.6 Å². The quantitative estimate of drug-likeness (QED) is 0.533. The summed E-state index contributed by atoms with van der Waals surface area (Å²) in [5.74, 6) is 0.107. The van der Waals surface area contributed by atoms with E-state index in [9.17, 15) is 4.79 Å². The average Bonchev–Trinajstić information content (AvgIpc) is 3.18. The van der Waals surface area contributed by atoms with Gasteiger partial charge in [-0.3, -0.25) is 4.79 Å². The van der Waals surface area contributed by atoms with Crippen molar-refractivity contribution in [2.45, 2.75) is 40.3 Å². The molecule has 0 fully saturated rings. The van der Waals surface area contributed by atoms with Crippen molar-refractivity contribution in [1.82, 2.24) is 24.9 Å². The Morgan fingerprint density at radius 2 is 1.86 bits per heavy atom. The lowest BCUT2D eigenvalue weighted by atomic mass is 10.1. The van der Waals surface area contributed by atoms with Crippen LogP contribution in [0.4, 0.5) is 0 Å². The maximum atomic E-state index is 12.6. The SMILES string of the molecule is CCC(=O)N(Cc1ccc(C)cc1)Cc1cc2cccc(C)c2n2nnnc12. The van der Waals surface area contributed by atoms with Gasteiger partial charge in [-0.15, -0.1) is 5.10 Å². The highest BCUT2D eigenvalue weighted by atomic mass is 16.2. The monoisotopic (exact) mass is 373 g/mol. The lowest BCUT2D eigenvalue weighted by Crippen LogP contribution is -2.29. The van der Waals surface area contributed by atoms with Crippen molar-refractivity contribution >= 4 is 22.5 Å². The molecule has 0 aliphatic carbocycles. The number of amides is 1. The molecule has 0 spiro atoms. The smallest absolute Gasteiger partial charge is 0.222 e. The van der Waals surface area contributed by atoms with Crippen molar-refractivity contribution in [3.05, 3.63) is 70.8 Å². The van der Waals surface area contributed by atoms with E-state index in [4.69, 9.17) is 0 Å². The van der Waals surface area contributed by atoms with E-state index in [2.05, 4.69) is 58.8 Å². The number of hydrogen-bond donors (Lipinski definition) is 0. The van der Waals surface area contributed by atoms with Crippen molar-refractivity contribution in [2.24, 2.45) is 0 Å². The standard InChI is InChI=1S/C22H23N5O/c1-4-20(28)26(13-17-10-8-15(2)9-11-17)14-19-12-18-7-5-6-16(3)21(18)27-22(19)23-24-25-27/h5-12H,4,13-14H2,1-3H3. The summed E-state index contributed by atoms with van der Waals surface area (Å²) >= 11 is 0. The number of fused-ring (bicyclic) bond motifs is 3. The molecule has 4 aromatic rings. The first-order chi connectivity index (χ1) is 13.6. The van der Waals surface area contributed by atoms with Crippen LogP contribution in [0, 0.1) is 13.8 Å². The third kappa shape index (κ3) is 3.33. The third-order valence-electron chi connectivity index (χ3n) is 5.08. The van der Waals surface area contributed by atoms with Gasteiger partial charge in [-0.25, -0.2) is 0 Å². The van der Waals surface area contributed by atoms with Gasteiger partial charge in [-0.2, -0.15) is 4.52 Å². The highest BCUT2D eigenvalue weighted by Gasteiger charge is 2.18. The molecule has 4 rings (SSSR count). The predicted octanol–water partition coefficient (Wildman–Crippen LogP) is 3.83. The molecule has 2 aromatic carbocycles. The topological polar surface area (TPSA) is 63.4 Å². The van der Waals surface area contributed by atoms with Gasteiger partial charge in [-0.05, 0) is 41.5 Å². The van der Waals surface area contributed by atoms with E-state index in [-0.39, 0.29) is 5.91 Å². The van der Waals surface area contributed by atoms with Gasteiger partial charge in [0.2, 0.25) is 5.91 Å². The highest BCUT2D eigenvalue weighted by Crippen LogP contribution is 2.23. The number of benzene rings is 2. The van der Waals surface area contributed by atoms with E-state index in [1.54, 1.807) is 4.52 Å². The number of tetrazole rings is 1. The fourth-order valence-corrected chi connectivity index (χ4v) is 3.57. The Kier molecular flexibility index (Phi) is 4.77. The van der Waals surface area contributed by atoms with Gasteiger partial charge in [0.15, 0.2) is 5.65 Å². The fraction of sp³-hybridized carbons (Fsp3) is 0.273. The molecular weight excluding hydrogens is 350 g/mol. The van der Waals surface area contributed by atoms with Crippen LogP contribution in [-0.2, 0) is 17.9 Å². The van der Waals surface area contributed by atoms with Crippen LogP contribution in [0.3, 0.4) is 0 Å². The number of rotatable bonds is 5. The average molecular weight is 373 g/mol. The Balaban J connectivity index is 1.75. The lowest BCUT2D eigenvalue weighted by molar-refractivity contribution is -0.132. The Morgan fingerprint density at radius 3 is 2.61 bits per heavy atom. The summed E-state index contributed by atoms with van der Waals surface area (Å²) in [7, 11) is 0. The molecule has 0 N–H and O–H groups in total. The maximum Gasteiger partial charge on any atom is 0.222 e. The molecule has 0 unspecified atom stereocenters. The molecule has 0 saturated carbocycles. The lowest BCUT2D eigenvalue weighted by Gasteiger charge is -2.23. The molecule has 0 aliphatic heterocycles. The van der Waals surface area contributed by atoms with E-state index in [1.165, 1.54) is 5.56 Å². The number of carbonyl (C=O) groups excluding carboxylic acids is 1. The van der Waals surface area contributed by atoms with Crippen molar-refractivity contribution < 1.29 is 4.79 Å². The Bertz CT molecular complexity index is 1150. The second kappa shape index (κ2) is 7.38. The summed E-state index contributed by atoms with van der Waals surface area (Å²) in [6, 6.07) is 16.5. The molecule has 2 heterocycles. The molecule has 0 atom stereocenters. The van der Waals surface area contributed by atoms with Crippen LogP contribution in [0.15, 0.2) is 48.5 Å². The number of para-hydroxylation sites is 1. The molecular formula is C22H23N5O. The highest BCUT2D eigenvalue weighted by molar-refractivity contribution is 5.86. The zero-order valence-electron chi connectivity index (χ0n) is 16.4. The van der Waals surface area contributed by atoms with E-state index >= 15 is 0 Å². The van der Waals surface area contributed by atoms with Crippen LogP contribution < -0.4 is 0 Å². The summed E-state index contributed by atoms with van der Waals surface area (Å²) < 4.78 is 1.78. The maximum absolute atomic E-state index is 12.6. The Morgan fingerprint density at radius 1 is 1.07 bits per heavy atom. The molecule has 0 saturated heterocycles. The molecule has 2 aromatic heterocycles. The van der Waals surface area contributed by atoms with Crippen LogP contribution in [0.5, 0.6) is 0 Å². The van der Waals surface area contributed by atoms with Crippen molar-refractivity contribution in [3.8, 4) is 0 Å². The summed E-state index contributed by atoms with van der Waals surface area (Å²) in [6.07, 6.45) is 0.458. The van der Waals surface area contributed by atoms with E-state index < -0.39 is 0 Å². The predicted molar refractivity (Wildman–Crippen MR) is 109 cm³/mol. The van der Waals surface area contributed by atoms with Gasteiger partial charge < -0.3 is 4.90 Å². The molecule has 0 radical (unpaired) electrons. The first-order valence-electron chi connectivity index (χ1n) is 9.49. The summed E-state index contributed by atoms with van der Waals surface area (Å²) in [5.41, 5.74) is 6.06. The first-order valence-corrected chi connectivity index (χ1v) is 9.49. The number of hydrogen-bond acceptors (Lipinski definition) is 4. The van der Waals surface area contributed by atoms with Gasteiger partial charge in [0.1, 0.15) is 0 Å². The molecule has 0 bridgehead atoms. The van der Waals surface area contributed by atoms with Crippen LogP contribution in [0.1, 0.15) is 35.6 Å². The van der Waals surface area contributed by atoms with Crippen molar-refractivity contribution in [2.75, 3.05) is 0 Å². The van der Waals surface area contributed by atoms with Crippen molar-refractivity contribution in [1.29, 1.82) is 0 Å². The minimum absolute atomic E-state index is 0.107. The molecule has 0 aliphatic rings. The minimum atomic E-state index is 0.107. The number of aryl methyl sites for hydroxylation is 2. The van der Waals surface area contributed by atoms with Crippen LogP contribution >= 0.6 is 0 Å². The Hall–Kier alpha value is -3.28. The van der Waals surface area contributed by atoms with E-state index in [1.807, 2.05) is 30.9 Å². The van der Waals surface area contributed by atoms with Gasteiger partial charge in [-0.1, -0.05) is 55.0 Å². The van der Waals surface area contributed by atoms with Gasteiger partial charge >= 0.3 is 0 Å². The van der Waals surface area contributed by atoms with Crippen molar-refractivity contribution in [3.63, 3.8) is 0 Å². The molecule has 28 heavy (non-hydrogen) atoms. The summed E-state index contributed by atoms with van der Waals surface area (Å²) in [4.78, 5) is 14.5. The van der Waals surface area contributed by atoms with E-state index in [0.29, 0.717) is 25.2 Å². The number of aromatic nitrogens is 4. The molecule has 6 heteroatoms. The van der Waals surface area contributed by atoms with Crippen LogP contribution in [-0.4, -0.2) is 30.8 Å². The largest absolute Gasteiger partial charge is 0.334 e. The van der Waals surface area contributed by atoms with Gasteiger partial charge in [0, 0.05) is 30.5 Å². The van der Waals surface area contributed by atoms with Gasteiger partial charge in [0.05, 0.1) is 5.52 Å². The normalized spacial score (nSPS) is 11.2. The number of nitrogens with zero attached hydrogens (tertiary/aromatic N) is 5. The summed E-state index contributed by atoms with van der Waals surface area (Å²) in [6.45, 7) is 7.03. The molecule has 142 valence electrons. The fourth-order valence-electron chi connectivity index (χ4n) is 3.57. The third-order valence-corrected chi connectivity index (χ3v) is 5.08. The second-order valence-electron chi connectivity index (χ2n) is 7.19. The van der Waals surface area contributed by atoms with Crippen LogP contribution in [0.2, 0.25) is 0 Å². The Labute approximate surface area is 163 Å². The number of pyridine rings is 1. The molecule has 1 amide bonds. The zero-order valence-corrected chi connectivity index (χ0v) is 16.4.